The highest BCUT2D eigenvalue weighted by Crippen LogP contribution is 2.32. The van der Waals surface area contributed by atoms with E-state index in [9.17, 15) is 4.79 Å². The number of aliphatic hydroxyl groups is 1. The van der Waals surface area contributed by atoms with Crippen LogP contribution in [0.5, 0.6) is 0 Å². The zero-order valence-electron chi connectivity index (χ0n) is 7.03. The van der Waals surface area contributed by atoms with Crippen LogP contribution in [0.25, 0.3) is 0 Å². The molecule has 0 aromatic carbocycles. The Hall–Kier alpha value is -0.610. The first kappa shape index (κ1) is 9.48. The predicted octanol–water partition coefficient (Wildman–Crippen LogP) is -0.351. The molecule has 1 atom stereocenters. The van der Waals surface area contributed by atoms with Gasteiger partial charge in [0.15, 0.2) is 0 Å². The van der Waals surface area contributed by atoms with Crippen molar-refractivity contribution in [1.29, 1.82) is 0 Å². The number of ether oxygens (including phenoxy) is 1. The van der Waals surface area contributed by atoms with Crippen LogP contribution in [0.2, 0.25) is 0 Å². The summed E-state index contributed by atoms with van der Waals surface area (Å²) in [6.45, 7) is 0.0967. The number of rotatable bonds is 5. The largest absolute Gasteiger partial charge is 0.464 e. The molecule has 1 aliphatic rings. The third-order valence-corrected chi connectivity index (χ3v) is 1.97. The van der Waals surface area contributed by atoms with Gasteiger partial charge in [0.1, 0.15) is 6.04 Å². The molecule has 0 saturated heterocycles. The molecule has 1 fully saturated rings. The second-order valence-electron chi connectivity index (χ2n) is 3.19. The van der Waals surface area contributed by atoms with Gasteiger partial charge in [-0.1, -0.05) is 12.8 Å². The van der Waals surface area contributed by atoms with E-state index >= 15 is 0 Å². The molecule has 0 bridgehead atoms. The highest BCUT2D eigenvalue weighted by molar-refractivity contribution is 5.75. The first-order chi connectivity index (χ1) is 5.74. The Bertz CT molecular complexity index is 156. The number of aliphatic hydroxyl groups excluding tert-OH is 1. The van der Waals surface area contributed by atoms with E-state index in [1.165, 1.54) is 12.8 Å². The van der Waals surface area contributed by atoms with Gasteiger partial charge in [-0.05, 0) is 12.3 Å². The van der Waals surface area contributed by atoms with Gasteiger partial charge in [-0.2, -0.15) is 0 Å². The number of nitrogens with two attached hydrogens (primary N) is 1. The molecular formula is C8H15NO3. The van der Waals surface area contributed by atoms with E-state index in [0.717, 1.165) is 12.3 Å². The van der Waals surface area contributed by atoms with Gasteiger partial charge in [0.2, 0.25) is 0 Å². The molecule has 0 spiro atoms. The number of carbonyl (C=O) groups excluding carboxylic acids is 1. The van der Waals surface area contributed by atoms with Gasteiger partial charge in [-0.15, -0.1) is 0 Å². The van der Waals surface area contributed by atoms with Gasteiger partial charge in [-0.25, -0.2) is 0 Å². The van der Waals surface area contributed by atoms with Crippen molar-refractivity contribution in [2.45, 2.75) is 25.3 Å². The van der Waals surface area contributed by atoms with Gasteiger partial charge >= 0.3 is 5.97 Å². The van der Waals surface area contributed by atoms with E-state index in [1.807, 2.05) is 0 Å². The molecule has 0 aromatic rings. The minimum Gasteiger partial charge on any atom is -0.464 e. The van der Waals surface area contributed by atoms with Crippen LogP contribution in [0, 0.1) is 5.92 Å². The third-order valence-electron chi connectivity index (χ3n) is 1.97. The Morgan fingerprint density at radius 1 is 1.67 bits per heavy atom. The lowest BCUT2D eigenvalue weighted by Crippen LogP contribution is -2.35. The molecule has 0 heterocycles. The number of esters is 1. The molecule has 12 heavy (non-hydrogen) atoms. The van der Waals surface area contributed by atoms with Crippen molar-refractivity contribution in [3.63, 3.8) is 0 Å². The summed E-state index contributed by atoms with van der Waals surface area (Å²) >= 11 is 0. The fourth-order valence-corrected chi connectivity index (χ4v) is 0.914. The smallest absolute Gasteiger partial charge is 0.325 e. The fourth-order valence-electron chi connectivity index (χ4n) is 0.914. The topological polar surface area (TPSA) is 72.5 Å². The van der Waals surface area contributed by atoms with Crippen LogP contribution >= 0.6 is 0 Å². The quantitative estimate of drug-likeness (QED) is 0.557. The number of hydrogen-bond donors (Lipinski definition) is 2. The highest BCUT2D eigenvalue weighted by atomic mass is 16.5. The standard InChI is InChI=1S/C8H15NO3/c9-7(5-10)8(11)12-4-3-6-1-2-6/h6-7,10H,1-5,9H2. The summed E-state index contributed by atoms with van der Waals surface area (Å²) in [5.41, 5.74) is 5.22. The van der Waals surface area contributed by atoms with Crippen molar-refractivity contribution >= 4 is 5.97 Å². The Morgan fingerprint density at radius 3 is 2.83 bits per heavy atom. The van der Waals surface area contributed by atoms with Gasteiger partial charge in [0, 0.05) is 0 Å². The van der Waals surface area contributed by atoms with E-state index in [-0.39, 0.29) is 6.61 Å². The molecule has 0 aliphatic heterocycles. The van der Waals surface area contributed by atoms with Gasteiger partial charge in [0.25, 0.3) is 0 Å². The lowest BCUT2D eigenvalue weighted by molar-refractivity contribution is -0.146. The Balaban J connectivity index is 2.00. The van der Waals surface area contributed by atoms with Crippen LogP contribution in [0.15, 0.2) is 0 Å². The van der Waals surface area contributed by atoms with E-state index in [1.54, 1.807) is 0 Å². The van der Waals surface area contributed by atoms with E-state index in [2.05, 4.69) is 0 Å². The molecule has 0 radical (unpaired) electrons. The van der Waals surface area contributed by atoms with Crippen LogP contribution in [-0.4, -0.2) is 30.3 Å². The summed E-state index contributed by atoms with van der Waals surface area (Å²) in [4.78, 5) is 10.9. The maximum Gasteiger partial charge on any atom is 0.325 e. The summed E-state index contributed by atoms with van der Waals surface area (Å²) in [6.07, 6.45) is 3.44. The van der Waals surface area contributed by atoms with E-state index in [4.69, 9.17) is 15.6 Å². The Labute approximate surface area is 71.7 Å². The van der Waals surface area contributed by atoms with Crippen molar-refractivity contribution in [2.24, 2.45) is 11.7 Å². The monoisotopic (exact) mass is 173 g/mol. The number of hydrogen-bond acceptors (Lipinski definition) is 4. The molecule has 4 nitrogen and oxygen atoms in total. The number of carbonyl (C=O) groups is 1. The van der Waals surface area contributed by atoms with Crippen LogP contribution in [0.3, 0.4) is 0 Å². The normalized spacial score (nSPS) is 18.8. The summed E-state index contributed by atoms with van der Waals surface area (Å²) in [5.74, 6) is 0.251. The van der Waals surface area contributed by atoms with Crippen LogP contribution in [0.1, 0.15) is 19.3 Å². The van der Waals surface area contributed by atoms with Gasteiger partial charge < -0.3 is 15.6 Å². The molecule has 1 aliphatic carbocycles. The van der Waals surface area contributed by atoms with Crippen molar-refractivity contribution in [3.8, 4) is 0 Å². The van der Waals surface area contributed by atoms with Crippen molar-refractivity contribution in [2.75, 3.05) is 13.2 Å². The van der Waals surface area contributed by atoms with Crippen molar-refractivity contribution < 1.29 is 14.6 Å². The predicted molar refractivity (Wildman–Crippen MR) is 43.4 cm³/mol. The zero-order chi connectivity index (χ0) is 8.97. The maximum absolute atomic E-state index is 10.9. The molecule has 1 saturated carbocycles. The van der Waals surface area contributed by atoms with E-state index in [0.29, 0.717) is 6.61 Å². The lowest BCUT2D eigenvalue weighted by Gasteiger charge is -2.07. The third kappa shape index (κ3) is 3.19. The molecule has 4 heteroatoms. The Kier molecular flexibility index (Phi) is 3.49. The summed E-state index contributed by atoms with van der Waals surface area (Å²) < 4.78 is 4.82. The lowest BCUT2D eigenvalue weighted by atomic mass is 10.3. The first-order valence-electron chi connectivity index (χ1n) is 4.27. The molecule has 1 unspecified atom stereocenters. The second-order valence-corrected chi connectivity index (χ2v) is 3.19. The molecule has 70 valence electrons. The summed E-state index contributed by atoms with van der Waals surface area (Å²) in [6, 6.07) is -0.871. The van der Waals surface area contributed by atoms with Gasteiger partial charge in [-0.3, -0.25) is 4.79 Å². The first-order valence-corrected chi connectivity index (χ1v) is 4.27. The molecule has 1 rings (SSSR count). The summed E-state index contributed by atoms with van der Waals surface area (Å²) in [5, 5.41) is 8.50. The maximum atomic E-state index is 10.9. The molecule has 0 amide bonds. The minimum atomic E-state index is -0.871. The molecule has 0 aromatic heterocycles. The fraction of sp³-hybridized carbons (Fsp3) is 0.875. The van der Waals surface area contributed by atoms with Crippen molar-refractivity contribution in [1.82, 2.24) is 0 Å². The van der Waals surface area contributed by atoms with Crippen molar-refractivity contribution in [3.05, 3.63) is 0 Å². The zero-order valence-corrected chi connectivity index (χ0v) is 7.03. The van der Waals surface area contributed by atoms with E-state index < -0.39 is 12.0 Å². The highest BCUT2D eigenvalue weighted by Gasteiger charge is 2.22. The summed E-state index contributed by atoms with van der Waals surface area (Å²) in [7, 11) is 0. The average Bonchev–Trinajstić information content (AvgIpc) is 2.86. The SMILES string of the molecule is NC(CO)C(=O)OCCC1CC1. The van der Waals surface area contributed by atoms with Crippen LogP contribution < -0.4 is 5.73 Å². The Morgan fingerprint density at radius 2 is 2.33 bits per heavy atom. The second kappa shape index (κ2) is 4.42. The molecule has 3 N–H and O–H groups in total. The molecular weight excluding hydrogens is 158 g/mol. The van der Waals surface area contributed by atoms with Crippen LogP contribution in [-0.2, 0) is 9.53 Å². The minimum absolute atomic E-state index is 0.345. The average molecular weight is 173 g/mol. The van der Waals surface area contributed by atoms with Crippen LogP contribution in [0.4, 0.5) is 0 Å². The van der Waals surface area contributed by atoms with Gasteiger partial charge in [0.05, 0.1) is 13.2 Å².